The van der Waals surface area contributed by atoms with Crippen LogP contribution in [0.5, 0.6) is 0 Å². The molecule has 1 aliphatic rings. The SMILES string of the molecule is CN=C(NCc1ccnc(-n2ccnc2)c1)NCC(c1cccs1)N1CCC(C)CC1.I. The predicted molar refractivity (Wildman–Crippen MR) is 142 cm³/mol. The van der Waals surface area contributed by atoms with Crippen LogP contribution < -0.4 is 10.6 Å². The molecule has 1 saturated heterocycles. The molecule has 2 N–H and O–H groups in total. The molecule has 4 rings (SSSR count). The Kier molecular flexibility index (Phi) is 9.49. The quantitative estimate of drug-likeness (QED) is 0.257. The van der Waals surface area contributed by atoms with Crippen molar-refractivity contribution in [3.05, 3.63) is 65.0 Å². The number of piperidine rings is 1. The molecular formula is C23H32IN7S. The number of thiophene rings is 1. The fourth-order valence-electron chi connectivity index (χ4n) is 3.94. The largest absolute Gasteiger partial charge is 0.354 e. The second-order valence-electron chi connectivity index (χ2n) is 8.05. The van der Waals surface area contributed by atoms with Gasteiger partial charge in [0, 0.05) is 43.6 Å². The Morgan fingerprint density at radius 2 is 2.09 bits per heavy atom. The van der Waals surface area contributed by atoms with Crippen LogP contribution in [0.1, 0.15) is 36.2 Å². The molecule has 0 saturated carbocycles. The van der Waals surface area contributed by atoms with E-state index in [4.69, 9.17) is 0 Å². The standard InChI is InChI=1S/C23H31N7S.HI/c1-18-6-10-29(11-7-18)20(21-4-3-13-31-21)16-28-23(24-2)27-15-19-5-8-26-22(14-19)30-12-9-25-17-30;/h3-5,8-9,12-14,17-18,20H,6-7,10-11,15-16H2,1-2H3,(H2,24,27,28);1H. The van der Waals surface area contributed by atoms with E-state index in [0.717, 1.165) is 42.9 Å². The monoisotopic (exact) mass is 565 g/mol. The average Bonchev–Trinajstić information content (AvgIpc) is 3.52. The Hall–Kier alpha value is -1.98. The van der Waals surface area contributed by atoms with E-state index in [1.54, 1.807) is 12.5 Å². The van der Waals surface area contributed by atoms with Crippen molar-refractivity contribution in [3.8, 4) is 5.82 Å². The van der Waals surface area contributed by atoms with Gasteiger partial charge in [0.25, 0.3) is 0 Å². The molecular weight excluding hydrogens is 533 g/mol. The molecule has 0 radical (unpaired) electrons. The van der Waals surface area contributed by atoms with E-state index in [-0.39, 0.29) is 24.0 Å². The first kappa shape index (κ1) is 24.7. The maximum atomic E-state index is 4.43. The number of hydrogen-bond acceptors (Lipinski definition) is 5. The van der Waals surface area contributed by atoms with E-state index in [0.29, 0.717) is 12.6 Å². The number of nitrogens with one attached hydrogen (secondary N) is 2. The summed E-state index contributed by atoms with van der Waals surface area (Å²) in [5, 5.41) is 9.16. The molecule has 3 aromatic heterocycles. The Labute approximate surface area is 211 Å². The van der Waals surface area contributed by atoms with Crippen molar-refractivity contribution < 1.29 is 0 Å². The van der Waals surface area contributed by atoms with E-state index in [2.05, 4.69) is 61.0 Å². The summed E-state index contributed by atoms with van der Waals surface area (Å²) in [6.45, 7) is 6.19. The van der Waals surface area contributed by atoms with E-state index < -0.39 is 0 Å². The van der Waals surface area contributed by atoms with Crippen molar-refractivity contribution in [2.45, 2.75) is 32.4 Å². The highest BCUT2D eigenvalue weighted by Gasteiger charge is 2.25. The number of aliphatic imine (C=N–C) groups is 1. The maximum absolute atomic E-state index is 4.43. The van der Waals surface area contributed by atoms with Gasteiger partial charge in [-0.1, -0.05) is 13.0 Å². The van der Waals surface area contributed by atoms with Crippen LogP contribution in [0.15, 0.2) is 59.6 Å². The van der Waals surface area contributed by atoms with Gasteiger partial charge in [-0.3, -0.25) is 14.5 Å². The summed E-state index contributed by atoms with van der Waals surface area (Å²) >= 11 is 1.84. The molecule has 172 valence electrons. The minimum atomic E-state index is 0. The summed E-state index contributed by atoms with van der Waals surface area (Å²) in [5.74, 6) is 2.50. The summed E-state index contributed by atoms with van der Waals surface area (Å²) < 4.78 is 1.90. The van der Waals surface area contributed by atoms with Crippen molar-refractivity contribution in [1.29, 1.82) is 0 Å². The maximum Gasteiger partial charge on any atom is 0.191 e. The Morgan fingerprint density at radius 3 is 2.78 bits per heavy atom. The zero-order chi connectivity index (χ0) is 21.5. The fourth-order valence-corrected chi connectivity index (χ4v) is 4.80. The summed E-state index contributed by atoms with van der Waals surface area (Å²) in [4.78, 5) is 17.0. The number of hydrogen-bond donors (Lipinski definition) is 2. The predicted octanol–water partition coefficient (Wildman–Crippen LogP) is 4.09. The highest BCUT2D eigenvalue weighted by molar-refractivity contribution is 14.0. The third-order valence-electron chi connectivity index (χ3n) is 5.86. The molecule has 0 aliphatic carbocycles. The Morgan fingerprint density at radius 1 is 1.25 bits per heavy atom. The van der Waals surface area contributed by atoms with Gasteiger partial charge >= 0.3 is 0 Å². The van der Waals surface area contributed by atoms with Crippen LogP contribution in [0.3, 0.4) is 0 Å². The molecule has 0 bridgehead atoms. The van der Waals surface area contributed by atoms with Gasteiger partial charge in [-0.15, -0.1) is 35.3 Å². The molecule has 0 spiro atoms. The second kappa shape index (κ2) is 12.3. The smallest absolute Gasteiger partial charge is 0.191 e. The highest BCUT2D eigenvalue weighted by Crippen LogP contribution is 2.29. The third-order valence-corrected chi connectivity index (χ3v) is 6.83. The first-order valence-corrected chi connectivity index (χ1v) is 11.8. The average molecular weight is 566 g/mol. The molecule has 3 aromatic rings. The number of nitrogens with zero attached hydrogens (tertiary/aromatic N) is 5. The van der Waals surface area contributed by atoms with E-state index >= 15 is 0 Å². The summed E-state index contributed by atoms with van der Waals surface area (Å²) in [6.07, 6.45) is 9.78. The Bertz CT molecular complexity index is 951. The molecule has 1 aliphatic heterocycles. The lowest BCUT2D eigenvalue weighted by atomic mass is 9.97. The fraction of sp³-hybridized carbons (Fsp3) is 0.435. The van der Waals surface area contributed by atoms with Crippen molar-refractivity contribution in [2.75, 3.05) is 26.7 Å². The van der Waals surface area contributed by atoms with Gasteiger partial charge in [-0.05, 0) is 61.0 Å². The number of rotatable bonds is 7. The van der Waals surface area contributed by atoms with Crippen LogP contribution >= 0.6 is 35.3 Å². The van der Waals surface area contributed by atoms with E-state index in [1.807, 2.05) is 41.4 Å². The van der Waals surface area contributed by atoms with Gasteiger partial charge < -0.3 is 10.6 Å². The summed E-state index contributed by atoms with van der Waals surface area (Å²) in [7, 11) is 1.82. The van der Waals surface area contributed by atoms with Gasteiger partial charge in [-0.2, -0.15) is 0 Å². The molecule has 9 heteroatoms. The number of aromatic nitrogens is 3. The highest BCUT2D eigenvalue weighted by atomic mass is 127. The van der Waals surface area contributed by atoms with Crippen molar-refractivity contribution in [2.24, 2.45) is 10.9 Å². The van der Waals surface area contributed by atoms with E-state index in [1.165, 1.54) is 17.7 Å². The van der Waals surface area contributed by atoms with Crippen molar-refractivity contribution in [1.82, 2.24) is 30.1 Å². The number of pyridine rings is 1. The molecule has 0 amide bonds. The number of halogens is 1. The molecule has 1 atom stereocenters. The molecule has 7 nitrogen and oxygen atoms in total. The Balaban J connectivity index is 0.00000289. The van der Waals surface area contributed by atoms with Gasteiger partial charge in [-0.25, -0.2) is 9.97 Å². The number of likely N-dealkylation sites (tertiary alicyclic amines) is 1. The van der Waals surface area contributed by atoms with Gasteiger partial charge in [0.05, 0.1) is 6.04 Å². The first-order valence-electron chi connectivity index (χ1n) is 10.9. The van der Waals surface area contributed by atoms with Crippen LogP contribution in [-0.2, 0) is 6.54 Å². The number of imidazole rings is 1. The molecule has 32 heavy (non-hydrogen) atoms. The van der Waals surface area contributed by atoms with Crippen molar-refractivity contribution in [3.63, 3.8) is 0 Å². The lowest BCUT2D eigenvalue weighted by Crippen LogP contribution is -2.44. The van der Waals surface area contributed by atoms with E-state index in [9.17, 15) is 0 Å². The third kappa shape index (κ3) is 6.52. The van der Waals surface area contributed by atoms with Crippen LogP contribution in [0, 0.1) is 5.92 Å². The van der Waals surface area contributed by atoms with Gasteiger partial charge in [0.2, 0.25) is 0 Å². The normalized spacial score (nSPS) is 16.4. The minimum absolute atomic E-state index is 0. The van der Waals surface area contributed by atoms with Crippen LogP contribution in [0.2, 0.25) is 0 Å². The van der Waals surface area contributed by atoms with Crippen LogP contribution in [-0.4, -0.2) is 52.1 Å². The zero-order valence-electron chi connectivity index (χ0n) is 18.6. The summed E-state index contributed by atoms with van der Waals surface area (Å²) in [6, 6.07) is 8.85. The first-order chi connectivity index (χ1) is 15.2. The van der Waals surface area contributed by atoms with Crippen molar-refractivity contribution >= 4 is 41.3 Å². The molecule has 1 fully saturated rings. The lowest BCUT2D eigenvalue weighted by Gasteiger charge is -2.36. The zero-order valence-corrected chi connectivity index (χ0v) is 21.8. The number of guanidine groups is 1. The lowest BCUT2D eigenvalue weighted by molar-refractivity contribution is 0.140. The van der Waals surface area contributed by atoms with Gasteiger partial charge in [0.15, 0.2) is 5.96 Å². The molecule has 4 heterocycles. The topological polar surface area (TPSA) is 70.4 Å². The van der Waals surface area contributed by atoms with Crippen LogP contribution in [0.4, 0.5) is 0 Å². The van der Waals surface area contributed by atoms with Gasteiger partial charge in [0.1, 0.15) is 12.1 Å². The summed E-state index contributed by atoms with van der Waals surface area (Å²) in [5.41, 5.74) is 1.14. The second-order valence-corrected chi connectivity index (χ2v) is 9.03. The molecule has 0 aromatic carbocycles. The molecule has 1 unspecified atom stereocenters. The minimum Gasteiger partial charge on any atom is -0.354 e. The van der Waals surface area contributed by atoms with Crippen LogP contribution in [0.25, 0.3) is 5.82 Å².